The van der Waals surface area contributed by atoms with Crippen molar-refractivity contribution in [3.05, 3.63) is 0 Å². The molecule has 0 saturated carbocycles. The fraction of sp³-hybridized carbons (Fsp3) is 0.500. The van der Waals surface area contributed by atoms with Crippen molar-refractivity contribution in [2.45, 2.75) is 6.92 Å². The second-order valence-corrected chi connectivity index (χ2v) is 0.519. The first-order valence-corrected chi connectivity index (χ1v) is 0.928. The molecule has 0 aliphatic rings. The molecule has 0 aliphatic heterocycles. The van der Waals surface area contributed by atoms with E-state index in [0.29, 0.717) is 0 Å². The molecule has 0 spiro atoms. The van der Waals surface area contributed by atoms with Gasteiger partial charge in [0.1, 0.15) is 0 Å². The average molecular weight is 340 g/mol. The van der Waals surface area contributed by atoms with Gasteiger partial charge in [-0.1, -0.05) is 0 Å². The molecule has 0 saturated heterocycles. The predicted octanol–water partition coefficient (Wildman–Crippen LogP) is 0.0628. The summed E-state index contributed by atoms with van der Waals surface area (Å²) in [6.45, 7) is 1.08. The molecular formula is C2H9Br2InO2. The van der Waals surface area contributed by atoms with Crippen molar-refractivity contribution >= 4 is 65.8 Å². The topological polar surface area (TPSA) is 37.3 Å². The van der Waals surface area contributed by atoms with Crippen LogP contribution in [0.4, 0.5) is 0 Å². The van der Waals surface area contributed by atoms with E-state index in [4.69, 9.17) is 9.90 Å². The summed E-state index contributed by atoms with van der Waals surface area (Å²) in [5.74, 6) is -0.833. The zero-order valence-electron chi connectivity index (χ0n) is 3.17. The summed E-state index contributed by atoms with van der Waals surface area (Å²) >= 11 is 0. The van der Waals surface area contributed by atoms with E-state index in [0.717, 1.165) is 6.92 Å². The van der Waals surface area contributed by atoms with Gasteiger partial charge in [0.2, 0.25) is 0 Å². The van der Waals surface area contributed by atoms with Gasteiger partial charge in [0.15, 0.2) is 0 Å². The van der Waals surface area contributed by atoms with E-state index in [1.165, 1.54) is 0 Å². The van der Waals surface area contributed by atoms with Crippen LogP contribution in [0.1, 0.15) is 6.92 Å². The zero-order chi connectivity index (χ0) is 3.58. The van der Waals surface area contributed by atoms with Gasteiger partial charge in [-0.2, -0.15) is 0 Å². The summed E-state index contributed by atoms with van der Waals surface area (Å²) in [5, 5.41) is 7.42. The Kier molecular flexibility index (Phi) is 53.5. The predicted molar refractivity (Wildman–Crippen MR) is 43.9 cm³/mol. The van der Waals surface area contributed by atoms with E-state index >= 15 is 0 Å². The number of carbonyl (C=O) groups is 1. The summed E-state index contributed by atoms with van der Waals surface area (Å²) in [5.41, 5.74) is 0. The van der Waals surface area contributed by atoms with Gasteiger partial charge in [0.05, 0.1) is 0 Å². The van der Waals surface area contributed by atoms with Crippen molar-refractivity contribution in [2.24, 2.45) is 0 Å². The molecule has 0 rings (SSSR count). The average Bonchev–Trinajstić information content (AvgIpc) is 0.811. The van der Waals surface area contributed by atoms with Gasteiger partial charge >= 0.3 is 25.8 Å². The Morgan fingerprint density at radius 1 is 1.43 bits per heavy atom. The molecule has 2 nitrogen and oxygen atoms in total. The third-order valence-corrected chi connectivity index (χ3v) is 0. The van der Waals surface area contributed by atoms with Crippen LogP contribution in [0.5, 0.6) is 0 Å². The van der Waals surface area contributed by atoms with Gasteiger partial charge in [0.25, 0.3) is 5.97 Å². The van der Waals surface area contributed by atoms with Crippen molar-refractivity contribution < 1.29 is 9.90 Å². The second kappa shape index (κ2) is 15.7. The molecular weight excluding hydrogens is 331 g/mol. The molecule has 0 aromatic heterocycles. The van der Waals surface area contributed by atoms with E-state index in [2.05, 4.69) is 0 Å². The minimum atomic E-state index is -0.833. The molecule has 0 aromatic carbocycles. The molecule has 5 heteroatoms. The van der Waals surface area contributed by atoms with Gasteiger partial charge < -0.3 is 5.11 Å². The number of carboxylic acid groups (broad SMARTS) is 1. The molecule has 0 fully saturated rings. The van der Waals surface area contributed by atoms with Crippen LogP contribution >= 0.6 is 34.0 Å². The molecule has 0 unspecified atom stereocenters. The van der Waals surface area contributed by atoms with Gasteiger partial charge in [-0.05, 0) is 0 Å². The van der Waals surface area contributed by atoms with Crippen LogP contribution in [0.15, 0.2) is 0 Å². The Morgan fingerprint density at radius 2 is 1.43 bits per heavy atom. The van der Waals surface area contributed by atoms with Crippen molar-refractivity contribution in [3.8, 4) is 0 Å². The molecule has 7 heavy (non-hydrogen) atoms. The Hall–Kier alpha value is 1.30. The number of rotatable bonds is 0. The summed E-state index contributed by atoms with van der Waals surface area (Å²) < 4.78 is 0. The van der Waals surface area contributed by atoms with Crippen molar-refractivity contribution in [1.82, 2.24) is 0 Å². The molecule has 0 radical (unpaired) electrons. The Labute approximate surface area is 82.0 Å². The Morgan fingerprint density at radius 3 is 1.43 bits per heavy atom. The van der Waals surface area contributed by atoms with E-state index in [9.17, 15) is 0 Å². The summed E-state index contributed by atoms with van der Waals surface area (Å²) in [6.07, 6.45) is 0. The van der Waals surface area contributed by atoms with Gasteiger partial charge in [-0.3, -0.25) is 4.79 Å². The SMILES string of the molecule is Br.Br.CC(=O)O.[InH3]. The first kappa shape index (κ1) is 23.9. The summed E-state index contributed by atoms with van der Waals surface area (Å²) in [7, 11) is 0. The third-order valence-electron chi connectivity index (χ3n) is 0. The van der Waals surface area contributed by atoms with Crippen LogP contribution in [0.3, 0.4) is 0 Å². The van der Waals surface area contributed by atoms with E-state index in [-0.39, 0.29) is 59.8 Å². The normalized spacial score (nSPS) is 3.57. The molecule has 1 N–H and O–H groups in total. The van der Waals surface area contributed by atoms with Crippen molar-refractivity contribution in [2.75, 3.05) is 0 Å². The van der Waals surface area contributed by atoms with Crippen LogP contribution < -0.4 is 0 Å². The van der Waals surface area contributed by atoms with Crippen LogP contribution in [-0.4, -0.2) is 36.9 Å². The minimum absolute atomic E-state index is 0. The number of carboxylic acids is 1. The number of halogens is 2. The fourth-order valence-corrected chi connectivity index (χ4v) is 0. The van der Waals surface area contributed by atoms with Crippen LogP contribution in [0.2, 0.25) is 0 Å². The molecule has 0 atom stereocenters. The zero-order valence-corrected chi connectivity index (χ0v) is 6.60. The molecule has 46 valence electrons. The maximum absolute atomic E-state index is 9.00. The number of hydrogen-bond donors (Lipinski definition) is 1. The van der Waals surface area contributed by atoms with Crippen molar-refractivity contribution in [3.63, 3.8) is 0 Å². The second-order valence-electron chi connectivity index (χ2n) is 0.519. The van der Waals surface area contributed by atoms with Gasteiger partial charge in [-0.15, -0.1) is 34.0 Å². The molecule has 0 aliphatic carbocycles. The standard InChI is InChI=1S/C2H4O2.2BrH.In.3H/c1-2(3)4;;;;;;/h1H3,(H,3,4);2*1H;;;;. The fourth-order valence-electron chi connectivity index (χ4n) is 0. The summed E-state index contributed by atoms with van der Waals surface area (Å²) in [4.78, 5) is 9.00. The quantitative estimate of drug-likeness (QED) is 0.678. The number of hydrogen-bond acceptors (Lipinski definition) is 1. The first-order valence-electron chi connectivity index (χ1n) is 0.928. The molecule has 0 heterocycles. The van der Waals surface area contributed by atoms with E-state index < -0.39 is 5.97 Å². The van der Waals surface area contributed by atoms with Crippen LogP contribution in [-0.2, 0) is 4.79 Å². The van der Waals surface area contributed by atoms with Crippen LogP contribution in [0.25, 0.3) is 0 Å². The summed E-state index contributed by atoms with van der Waals surface area (Å²) in [6, 6.07) is 0. The van der Waals surface area contributed by atoms with E-state index in [1.807, 2.05) is 0 Å². The maximum atomic E-state index is 9.00. The van der Waals surface area contributed by atoms with Gasteiger partial charge in [0, 0.05) is 6.92 Å². The number of aliphatic carboxylic acids is 1. The first-order chi connectivity index (χ1) is 1.73. The Balaban J connectivity index is -0.0000000150. The molecule has 0 amide bonds. The Bertz CT molecular complexity index is 36.7. The molecule has 0 bridgehead atoms. The van der Waals surface area contributed by atoms with Crippen LogP contribution in [0, 0.1) is 0 Å². The van der Waals surface area contributed by atoms with Crippen molar-refractivity contribution in [1.29, 1.82) is 0 Å². The monoisotopic (exact) mass is 338 g/mol. The third kappa shape index (κ3) is 121. The van der Waals surface area contributed by atoms with E-state index in [1.54, 1.807) is 0 Å². The molecule has 0 aromatic rings. The van der Waals surface area contributed by atoms with Gasteiger partial charge in [-0.25, -0.2) is 0 Å².